The summed E-state index contributed by atoms with van der Waals surface area (Å²) >= 11 is 1.15. The van der Waals surface area contributed by atoms with Gasteiger partial charge in [0.15, 0.2) is 0 Å². The number of hydrogen-bond donors (Lipinski definition) is 2. The molecule has 0 saturated carbocycles. The Morgan fingerprint density at radius 3 is 2.30 bits per heavy atom. The number of alkyl carbamates (subject to hydrolysis) is 1. The van der Waals surface area contributed by atoms with Crippen LogP contribution in [-0.2, 0) is 19.4 Å². The largest absolute Gasteiger partial charge is 0.480 e. The van der Waals surface area contributed by atoms with Gasteiger partial charge in [-0.05, 0) is 20.8 Å². The molecule has 7 nitrogen and oxygen atoms in total. The summed E-state index contributed by atoms with van der Waals surface area (Å²) in [5.41, 5.74) is -0.712. The zero-order valence-corrected chi connectivity index (χ0v) is 13.6. The Bertz CT molecular complexity index is 440. The van der Waals surface area contributed by atoms with Crippen LogP contribution in [0.15, 0.2) is 0 Å². The highest BCUT2D eigenvalue weighted by Crippen LogP contribution is 2.09. The van der Waals surface area contributed by atoms with E-state index in [0.29, 0.717) is 0 Å². The molecule has 118 valence electrons. The van der Waals surface area contributed by atoms with Crippen molar-refractivity contribution in [3.63, 3.8) is 0 Å². The van der Waals surface area contributed by atoms with Gasteiger partial charge in [0.05, 0.1) is 5.75 Å². The topological polar surface area (TPSA) is 110 Å². The fraction of sp³-hybridized carbons (Fsp3) is 0.818. The highest BCUT2D eigenvalue weighted by Gasteiger charge is 2.23. The maximum absolute atomic E-state index is 11.5. The van der Waals surface area contributed by atoms with Crippen molar-refractivity contribution < 1.29 is 27.9 Å². The van der Waals surface area contributed by atoms with Crippen LogP contribution in [0.2, 0.25) is 0 Å². The minimum atomic E-state index is -3.07. The fourth-order valence-electron chi connectivity index (χ4n) is 1.04. The molecule has 0 aliphatic heterocycles. The van der Waals surface area contributed by atoms with E-state index in [1.807, 2.05) is 0 Å². The first-order valence-electron chi connectivity index (χ1n) is 5.88. The first kappa shape index (κ1) is 19.0. The van der Waals surface area contributed by atoms with Crippen LogP contribution >= 0.6 is 11.8 Å². The average Bonchev–Trinajstić information content (AvgIpc) is 2.17. The van der Waals surface area contributed by atoms with E-state index in [9.17, 15) is 18.0 Å². The second-order valence-corrected chi connectivity index (χ2v) is 8.65. The summed E-state index contributed by atoms with van der Waals surface area (Å²) in [6.45, 7) is 5.01. The van der Waals surface area contributed by atoms with Crippen LogP contribution in [0.3, 0.4) is 0 Å². The number of rotatable bonds is 7. The predicted molar refractivity (Wildman–Crippen MR) is 77.8 cm³/mol. The van der Waals surface area contributed by atoms with Gasteiger partial charge in [-0.25, -0.2) is 18.0 Å². The molecule has 1 unspecified atom stereocenters. The third-order valence-electron chi connectivity index (χ3n) is 1.87. The van der Waals surface area contributed by atoms with Gasteiger partial charge in [-0.1, -0.05) is 0 Å². The Kier molecular flexibility index (Phi) is 7.35. The van der Waals surface area contributed by atoms with Gasteiger partial charge in [0, 0.05) is 17.8 Å². The molecule has 1 amide bonds. The molecule has 0 fully saturated rings. The molecule has 0 saturated heterocycles. The highest BCUT2D eigenvalue weighted by atomic mass is 32.2. The van der Waals surface area contributed by atoms with Crippen molar-refractivity contribution in [1.82, 2.24) is 5.32 Å². The standard InChI is InChI=1S/C11H21NO6S2/c1-11(2,3)18-10(15)12-8(9(13)14)7-19-5-6-20(4,16)17/h8H,5-7H2,1-4H3,(H,12,15)(H,13,14). The Hall–Kier alpha value is -0.960. The van der Waals surface area contributed by atoms with Crippen LogP contribution in [-0.4, -0.2) is 60.7 Å². The second-order valence-electron chi connectivity index (χ2n) is 5.24. The molecule has 0 aromatic carbocycles. The van der Waals surface area contributed by atoms with Crippen LogP contribution in [0, 0.1) is 0 Å². The summed E-state index contributed by atoms with van der Waals surface area (Å²) in [5, 5.41) is 11.2. The molecule has 0 bridgehead atoms. The van der Waals surface area contributed by atoms with E-state index in [1.54, 1.807) is 20.8 Å². The summed E-state index contributed by atoms with van der Waals surface area (Å²) in [6, 6.07) is -1.12. The quantitative estimate of drug-likeness (QED) is 0.664. The van der Waals surface area contributed by atoms with Gasteiger partial charge in [0.2, 0.25) is 0 Å². The lowest BCUT2D eigenvalue weighted by atomic mass is 10.2. The minimum absolute atomic E-state index is 0.0313. The van der Waals surface area contributed by atoms with Crippen molar-refractivity contribution in [3.05, 3.63) is 0 Å². The molecule has 0 heterocycles. The third-order valence-corrected chi connectivity index (χ3v) is 4.14. The first-order chi connectivity index (χ1) is 8.91. The molecule has 1 atom stereocenters. The smallest absolute Gasteiger partial charge is 0.408 e. The van der Waals surface area contributed by atoms with E-state index in [1.165, 1.54) is 0 Å². The summed E-state index contributed by atoms with van der Waals surface area (Å²) in [5.74, 6) is -0.873. The number of amides is 1. The van der Waals surface area contributed by atoms with Gasteiger partial charge in [0.1, 0.15) is 21.5 Å². The van der Waals surface area contributed by atoms with Crippen LogP contribution in [0.1, 0.15) is 20.8 Å². The van der Waals surface area contributed by atoms with Crippen LogP contribution in [0.5, 0.6) is 0 Å². The van der Waals surface area contributed by atoms with E-state index in [4.69, 9.17) is 9.84 Å². The van der Waals surface area contributed by atoms with Crippen molar-refractivity contribution in [2.45, 2.75) is 32.4 Å². The fourth-order valence-corrected chi connectivity index (χ4v) is 3.35. The zero-order chi connectivity index (χ0) is 16.0. The van der Waals surface area contributed by atoms with E-state index in [2.05, 4.69) is 5.32 Å². The van der Waals surface area contributed by atoms with Gasteiger partial charge in [0.25, 0.3) is 0 Å². The number of ether oxygens (including phenoxy) is 1. The molecule has 0 radical (unpaired) electrons. The predicted octanol–water partition coefficient (Wildman–Crippen LogP) is 0.742. The summed E-state index contributed by atoms with van der Waals surface area (Å²) in [7, 11) is -3.07. The number of thioether (sulfide) groups is 1. The first-order valence-corrected chi connectivity index (χ1v) is 9.10. The molecule has 0 aliphatic carbocycles. The molecule has 0 aliphatic rings. The van der Waals surface area contributed by atoms with Crippen LogP contribution < -0.4 is 5.32 Å². The van der Waals surface area contributed by atoms with Gasteiger partial charge in [-0.2, -0.15) is 11.8 Å². The lowest BCUT2D eigenvalue weighted by molar-refractivity contribution is -0.138. The highest BCUT2D eigenvalue weighted by molar-refractivity contribution is 8.00. The molecule has 9 heteroatoms. The molecule has 0 spiro atoms. The Morgan fingerprint density at radius 2 is 1.90 bits per heavy atom. The van der Waals surface area contributed by atoms with Crippen LogP contribution in [0.4, 0.5) is 4.79 Å². The molecule has 0 aromatic rings. The van der Waals surface area contributed by atoms with E-state index in [-0.39, 0.29) is 17.3 Å². The monoisotopic (exact) mass is 327 g/mol. The maximum atomic E-state index is 11.5. The lowest BCUT2D eigenvalue weighted by Crippen LogP contribution is -2.45. The lowest BCUT2D eigenvalue weighted by Gasteiger charge is -2.21. The van der Waals surface area contributed by atoms with Gasteiger partial charge >= 0.3 is 12.1 Å². The molecule has 20 heavy (non-hydrogen) atoms. The Labute approximate surface area is 123 Å². The van der Waals surface area contributed by atoms with Crippen LogP contribution in [0.25, 0.3) is 0 Å². The number of carboxylic acids is 1. The average molecular weight is 327 g/mol. The molecular weight excluding hydrogens is 306 g/mol. The van der Waals surface area contributed by atoms with E-state index >= 15 is 0 Å². The zero-order valence-electron chi connectivity index (χ0n) is 12.0. The number of carbonyl (C=O) groups is 2. The number of aliphatic carboxylic acids is 1. The van der Waals surface area contributed by atoms with E-state index < -0.39 is 33.5 Å². The normalized spacial score (nSPS) is 13.6. The minimum Gasteiger partial charge on any atom is -0.480 e. The summed E-state index contributed by atoms with van der Waals surface area (Å²) < 4.78 is 26.8. The molecule has 0 rings (SSSR count). The van der Waals surface area contributed by atoms with Crippen molar-refractivity contribution in [2.75, 3.05) is 23.5 Å². The number of carboxylic acid groups (broad SMARTS) is 1. The number of sulfone groups is 1. The van der Waals surface area contributed by atoms with Gasteiger partial charge < -0.3 is 15.2 Å². The summed E-state index contributed by atoms with van der Waals surface area (Å²) in [6.07, 6.45) is 0.301. The number of hydrogen-bond acceptors (Lipinski definition) is 6. The van der Waals surface area contributed by atoms with Crippen molar-refractivity contribution in [1.29, 1.82) is 0 Å². The SMILES string of the molecule is CC(C)(C)OC(=O)NC(CSCCS(C)(=O)=O)C(=O)O. The van der Waals surface area contributed by atoms with Gasteiger partial charge in [-0.3, -0.25) is 0 Å². The molecular formula is C11H21NO6S2. The van der Waals surface area contributed by atoms with Gasteiger partial charge in [-0.15, -0.1) is 0 Å². The van der Waals surface area contributed by atoms with E-state index in [0.717, 1.165) is 18.0 Å². The number of nitrogens with one attached hydrogen (secondary N) is 1. The van der Waals surface area contributed by atoms with Crippen molar-refractivity contribution in [2.24, 2.45) is 0 Å². The van der Waals surface area contributed by atoms with Crippen molar-refractivity contribution in [3.8, 4) is 0 Å². The Balaban J connectivity index is 4.25. The molecule has 2 N–H and O–H groups in total. The second kappa shape index (κ2) is 7.72. The summed E-state index contributed by atoms with van der Waals surface area (Å²) in [4.78, 5) is 22.5. The number of carbonyl (C=O) groups excluding carboxylic acids is 1. The third kappa shape index (κ3) is 10.9. The Morgan fingerprint density at radius 1 is 1.35 bits per heavy atom. The van der Waals surface area contributed by atoms with Crippen molar-refractivity contribution >= 4 is 33.7 Å². The molecule has 0 aromatic heterocycles. The maximum Gasteiger partial charge on any atom is 0.408 e.